The second kappa shape index (κ2) is 2.72. The molecule has 2 aliphatic rings. The number of hydrogen-bond donors (Lipinski definition) is 0. The monoisotopic (exact) mass is 164 g/mol. The van der Waals surface area contributed by atoms with Crippen molar-refractivity contribution in [3.05, 3.63) is 12.2 Å². The van der Waals surface area contributed by atoms with Crippen molar-refractivity contribution < 1.29 is 4.79 Å². The first-order valence-electron chi connectivity index (χ1n) is 4.98. The highest BCUT2D eigenvalue weighted by Crippen LogP contribution is 2.47. The maximum Gasteiger partial charge on any atom is 0.162 e. The number of carbonyl (C=O) groups is 1. The van der Waals surface area contributed by atoms with Crippen LogP contribution in [0.3, 0.4) is 0 Å². The Morgan fingerprint density at radius 1 is 1.33 bits per heavy atom. The van der Waals surface area contributed by atoms with Gasteiger partial charge in [-0.1, -0.05) is 32.3 Å². The normalized spacial score (nSPS) is 33.1. The number of carbonyl (C=O) groups excluding carboxylic acids is 1. The van der Waals surface area contributed by atoms with E-state index in [-0.39, 0.29) is 5.41 Å². The second-order valence-corrected chi connectivity index (χ2v) is 4.23. The maximum absolute atomic E-state index is 11.7. The van der Waals surface area contributed by atoms with E-state index in [4.69, 9.17) is 0 Å². The molecule has 66 valence electrons. The predicted molar refractivity (Wildman–Crippen MR) is 48.8 cm³/mol. The molecule has 1 atom stereocenters. The van der Waals surface area contributed by atoms with Gasteiger partial charge in [-0.15, -0.1) is 0 Å². The quantitative estimate of drug-likeness (QED) is 0.538. The fourth-order valence-corrected chi connectivity index (χ4v) is 2.69. The summed E-state index contributed by atoms with van der Waals surface area (Å²) >= 11 is 0. The molecule has 0 aliphatic heterocycles. The first kappa shape index (κ1) is 8.03. The minimum Gasteiger partial charge on any atom is -0.294 e. The van der Waals surface area contributed by atoms with Crippen LogP contribution >= 0.6 is 0 Å². The topological polar surface area (TPSA) is 17.1 Å². The first-order chi connectivity index (χ1) is 5.76. The van der Waals surface area contributed by atoms with Crippen molar-refractivity contribution >= 4 is 5.78 Å². The van der Waals surface area contributed by atoms with Gasteiger partial charge in [0.1, 0.15) is 0 Å². The molecule has 0 aromatic rings. The van der Waals surface area contributed by atoms with Crippen molar-refractivity contribution in [3.63, 3.8) is 0 Å². The van der Waals surface area contributed by atoms with Crippen molar-refractivity contribution in [1.82, 2.24) is 0 Å². The Hall–Kier alpha value is -0.590. The SMILES string of the molecule is CC1C=CC(=O)C12CCCCC2. The number of allylic oxidation sites excluding steroid dienone is 2. The summed E-state index contributed by atoms with van der Waals surface area (Å²) in [5.41, 5.74) is 0.0399. The molecule has 1 unspecified atom stereocenters. The Labute approximate surface area is 73.8 Å². The molecule has 0 amide bonds. The average Bonchev–Trinajstić information content (AvgIpc) is 2.36. The Balaban J connectivity index is 2.23. The molecule has 1 heteroatoms. The molecule has 0 bridgehead atoms. The summed E-state index contributed by atoms with van der Waals surface area (Å²) in [6, 6.07) is 0. The van der Waals surface area contributed by atoms with E-state index < -0.39 is 0 Å². The highest BCUT2D eigenvalue weighted by Gasteiger charge is 2.44. The largest absolute Gasteiger partial charge is 0.294 e. The number of hydrogen-bond acceptors (Lipinski definition) is 1. The molecule has 0 radical (unpaired) electrons. The number of ketones is 1. The molecule has 0 heterocycles. The van der Waals surface area contributed by atoms with Gasteiger partial charge in [-0.25, -0.2) is 0 Å². The van der Waals surface area contributed by atoms with Gasteiger partial charge in [-0.2, -0.15) is 0 Å². The first-order valence-corrected chi connectivity index (χ1v) is 4.98. The summed E-state index contributed by atoms with van der Waals surface area (Å²) in [4.78, 5) is 11.7. The van der Waals surface area contributed by atoms with Gasteiger partial charge in [-0.3, -0.25) is 4.79 Å². The van der Waals surface area contributed by atoms with E-state index in [1.54, 1.807) is 6.08 Å². The zero-order chi connectivity index (χ0) is 8.60. The average molecular weight is 164 g/mol. The molecule has 2 aliphatic carbocycles. The van der Waals surface area contributed by atoms with Crippen LogP contribution in [0.15, 0.2) is 12.2 Å². The van der Waals surface area contributed by atoms with E-state index >= 15 is 0 Å². The van der Waals surface area contributed by atoms with Gasteiger partial charge < -0.3 is 0 Å². The van der Waals surface area contributed by atoms with E-state index in [1.165, 1.54) is 19.3 Å². The van der Waals surface area contributed by atoms with Crippen LogP contribution in [-0.2, 0) is 4.79 Å². The van der Waals surface area contributed by atoms with Crippen LogP contribution in [-0.4, -0.2) is 5.78 Å². The molecule has 1 spiro atoms. The molecule has 2 rings (SSSR count). The molecule has 1 saturated carbocycles. The third-order valence-corrected chi connectivity index (χ3v) is 3.64. The minimum absolute atomic E-state index is 0.0399. The van der Waals surface area contributed by atoms with E-state index in [0.717, 1.165) is 12.8 Å². The van der Waals surface area contributed by atoms with E-state index in [9.17, 15) is 4.79 Å². The molecular formula is C11H16O. The summed E-state index contributed by atoms with van der Waals surface area (Å²) in [6.07, 6.45) is 9.96. The van der Waals surface area contributed by atoms with Crippen LogP contribution in [0.5, 0.6) is 0 Å². The van der Waals surface area contributed by atoms with Crippen molar-refractivity contribution in [1.29, 1.82) is 0 Å². The standard InChI is InChI=1S/C11H16O/c1-9-5-6-10(12)11(9)7-3-2-4-8-11/h5-6,9H,2-4,7-8H2,1H3. The summed E-state index contributed by atoms with van der Waals surface area (Å²) in [7, 11) is 0. The molecule has 0 aromatic carbocycles. The number of rotatable bonds is 0. The van der Waals surface area contributed by atoms with Gasteiger partial charge in [-0.05, 0) is 24.8 Å². The fourth-order valence-electron chi connectivity index (χ4n) is 2.69. The summed E-state index contributed by atoms with van der Waals surface area (Å²) in [6.45, 7) is 2.19. The van der Waals surface area contributed by atoms with Gasteiger partial charge in [0.05, 0.1) is 0 Å². The molecule has 0 saturated heterocycles. The summed E-state index contributed by atoms with van der Waals surface area (Å²) < 4.78 is 0. The van der Waals surface area contributed by atoms with Crippen LogP contribution in [0.25, 0.3) is 0 Å². The highest BCUT2D eigenvalue weighted by atomic mass is 16.1. The zero-order valence-corrected chi connectivity index (χ0v) is 7.68. The smallest absolute Gasteiger partial charge is 0.162 e. The van der Waals surface area contributed by atoms with Crippen LogP contribution in [0.4, 0.5) is 0 Å². The third kappa shape index (κ3) is 0.954. The van der Waals surface area contributed by atoms with Crippen LogP contribution < -0.4 is 0 Å². The van der Waals surface area contributed by atoms with Gasteiger partial charge in [0.2, 0.25) is 0 Å². The fraction of sp³-hybridized carbons (Fsp3) is 0.727. The zero-order valence-electron chi connectivity index (χ0n) is 7.68. The summed E-state index contributed by atoms with van der Waals surface area (Å²) in [5, 5.41) is 0. The molecule has 1 nitrogen and oxygen atoms in total. The van der Waals surface area contributed by atoms with E-state index in [1.807, 2.05) is 0 Å². The van der Waals surface area contributed by atoms with Gasteiger partial charge in [0.15, 0.2) is 5.78 Å². The third-order valence-electron chi connectivity index (χ3n) is 3.64. The molecular weight excluding hydrogens is 148 g/mol. The van der Waals surface area contributed by atoms with Crippen molar-refractivity contribution in [3.8, 4) is 0 Å². The van der Waals surface area contributed by atoms with Gasteiger partial charge in [0.25, 0.3) is 0 Å². The predicted octanol–water partition coefficient (Wildman–Crippen LogP) is 2.71. The van der Waals surface area contributed by atoms with Crippen LogP contribution in [0.2, 0.25) is 0 Å². The Bertz CT molecular complexity index is 221. The lowest BCUT2D eigenvalue weighted by molar-refractivity contribution is -0.126. The lowest BCUT2D eigenvalue weighted by Gasteiger charge is -2.35. The molecule has 0 aromatic heterocycles. The van der Waals surface area contributed by atoms with Gasteiger partial charge in [0, 0.05) is 5.41 Å². The van der Waals surface area contributed by atoms with Crippen LogP contribution in [0, 0.1) is 11.3 Å². The summed E-state index contributed by atoms with van der Waals surface area (Å²) in [5.74, 6) is 0.889. The highest BCUT2D eigenvalue weighted by molar-refractivity contribution is 5.97. The van der Waals surface area contributed by atoms with Crippen molar-refractivity contribution in [2.45, 2.75) is 39.0 Å². The molecule has 12 heavy (non-hydrogen) atoms. The van der Waals surface area contributed by atoms with Crippen molar-refractivity contribution in [2.24, 2.45) is 11.3 Å². The van der Waals surface area contributed by atoms with Crippen LogP contribution in [0.1, 0.15) is 39.0 Å². The molecule has 1 fully saturated rings. The Morgan fingerprint density at radius 2 is 2.00 bits per heavy atom. The Kier molecular flexibility index (Phi) is 1.82. The van der Waals surface area contributed by atoms with E-state index in [2.05, 4.69) is 13.0 Å². The van der Waals surface area contributed by atoms with Gasteiger partial charge >= 0.3 is 0 Å². The maximum atomic E-state index is 11.7. The molecule has 0 N–H and O–H groups in total. The lowest BCUT2D eigenvalue weighted by Crippen LogP contribution is -2.34. The van der Waals surface area contributed by atoms with E-state index in [0.29, 0.717) is 11.7 Å². The minimum atomic E-state index is 0.0399. The Morgan fingerprint density at radius 3 is 2.50 bits per heavy atom. The lowest BCUT2D eigenvalue weighted by atomic mass is 9.67. The second-order valence-electron chi connectivity index (χ2n) is 4.23. The van der Waals surface area contributed by atoms with Crippen molar-refractivity contribution in [2.75, 3.05) is 0 Å².